The molecule has 11 heavy (non-hydrogen) atoms. The minimum atomic E-state index is -0.414. The zero-order valence-corrected chi connectivity index (χ0v) is 6.22. The first kappa shape index (κ1) is 8.00. The Morgan fingerprint density at radius 2 is 2.55 bits per heavy atom. The molecule has 2 N–H and O–H groups in total. The number of hydroxylamine groups is 1. The Morgan fingerprint density at radius 3 is 3.00 bits per heavy atom. The van der Waals surface area contributed by atoms with Crippen LogP contribution in [-0.2, 0) is 14.4 Å². The fourth-order valence-corrected chi connectivity index (χ4v) is 0.982. The molecule has 2 amide bonds. The summed E-state index contributed by atoms with van der Waals surface area (Å²) in [5.74, 6) is -0.375. The fraction of sp³-hybridized carbons (Fsp3) is 0.667. The second-order valence-corrected chi connectivity index (χ2v) is 2.33. The maximum absolute atomic E-state index is 10.9. The summed E-state index contributed by atoms with van der Waals surface area (Å²) in [6.07, 6.45) is 0.968. The summed E-state index contributed by atoms with van der Waals surface area (Å²) >= 11 is 0. The largest absolute Gasteiger partial charge is 0.344 e. The Bertz CT molecular complexity index is 181. The van der Waals surface area contributed by atoms with Gasteiger partial charge in [0.25, 0.3) is 5.91 Å². The van der Waals surface area contributed by atoms with Gasteiger partial charge >= 0.3 is 0 Å². The molecule has 0 radical (unpaired) electrons. The van der Waals surface area contributed by atoms with Gasteiger partial charge in [0, 0.05) is 6.42 Å². The van der Waals surface area contributed by atoms with Crippen molar-refractivity contribution in [1.82, 2.24) is 10.8 Å². The lowest BCUT2D eigenvalue weighted by atomic mass is 10.2. The molecule has 62 valence electrons. The van der Waals surface area contributed by atoms with Crippen molar-refractivity contribution in [3.63, 3.8) is 0 Å². The van der Waals surface area contributed by atoms with E-state index in [1.54, 1.807) is 0 Å². The van der Waals surface area contributed by atoms with Gasteiger partial charge in [-0.15, -0.1) is 0 Å². The molecule has 1 atom stereocenters. The highest BCUT2D eigenvalue weighted by atomic mass is 16.6. The van der Waals surface area contributed by atoms with E-state index >= 15 is 0 Å². The molecule has 1 rings (SSSR count). The van der Waals surface area contributed by atoms with Gasteiger partial charge in [-0.2, -0.15) is 0 Å². The van der Waals surface area contributed by atoms with E-state index in [0.29, 0.717) is 12.8 Å². The second kappa shape index (κ2) is 3.34. The molecule has 0 spiro atoms. The molecule has 1 aliphatic heterocycles. The maximum atomic E-state index is 10.9. The van der Waals surface area contributed by atoms with E-state index in [1.165, 1.54) is 7.11 Å². The molecule has 0 aromatic rings. The first-order valence-corrected chi connectivity index (χ1v) is 3.36. The Kier molecular flexibility index (Phi) is 2.43. The van der Waals surface area contributed by atoms with Crippen molar-refractivity contribution in [2.45, 2.75) is 18.9 Å². The third-order valence-electron chi connectivity index (χ3n) is 1.51. The lowest BCUT2D eigenvalue weighted by Gasteiger charge is -2.07. The summed E-state index contributed by atoms with van der Waals surface area (Å²) in [5.41, 5.74) is 2.15. The number of carbonyl (C=O) groups excluding carboxylic acids is 2. The smallest absolute Gasteiger partial charge is 0.266 e. The summed E-state index contributed by atoms with van der Waals surface area (Å²) in [7, 11) is 1.36. The van der Waals surface area contributed by atoms with E-state index in [4.69, 9.17) is 0 Å². The molecule has 5 heteroatoms. The molecule has 0 saturated carbocycles. The minimum Gasteiger partial charge on any atom is -0.344 e. The highest BCUT2D eigenvalue weighted by Crippen LogP contribution is 2.05. The van der Waals surface area contributed by atoms with Crippen molar-refractivity contribution in [3.05, 3.63) is 0 Å². The summed E-state index contributed by atoms with van der Waals surface area (Å²) in [6.45, 7) is 0. The van der Waals surface area contributed by atoms with Crippen LogP contribution in [0.1, 0.15) is 12.8 Å². The first-order chi connectivity index (χ1) is 5.24. The normalized spacial score (nSPS) is 23.0. The van der Waals surface area contributed by atoms with Crippen LogP contribution in [0, 0.1) is 0 Å². The molecular weight excluding hydrogens is 148 g/mol. The van der Waals surface area contributed by atoms with Gasteiger partial charge in [-0.3, -0.25) is 14.4 Å². The van der Waals surface area contributed by atoms with Gasteiger partial charge in [0.1, 0.15) is 6.04 Å². The number of nitrogens with one attached hydrogen (secondary N) is 2. The zero-order valence-electron chi connectivity index (χ0n) is 6.22. The topological polar surface area (TPSA) is 67.4 Å². The van der Waals surface area contributed by atoms with E-state index in [9.17, 15) is 9.59 Å². The lowest BCUT2D eigenvalue weighted by Crippen LogP contribution is -2.41. The number of rotatable bonds is 2. The quantitative estimate of drug-likeness (QED) is 0.503. The molecule has 0 aromatic heterocycles. The molecule has 1 saturated heterocycles. The molecule has 1 aliphatic rings. The van der Waals surface area contributed by atoms with Gasteiger partial charge in [0.15, 0.2) is 0 Å². The molecular formula is C6H10N2O3. The van der Waals surface area contributed by atoms with E-state index in [2.05, 4.69) is 15.6 Å². The number of hydrogen-bond acceptors (Lipinski definition) is 3. The van der Waals surface area contributed by atoms with Crippen LogP contribution in [0.25, 0.3) is 0 Å². The van der Waals surface area contributed by atoms with Gasteiger partial charge in [0.2, 0.25) is 5.91 Å². The van der Waals surface area contributed by atoms with Crippen LogP contribution >= 0.6 is 0 Å². The third-order valence-corrected chi connectivity index (χ3v) is 1.51. The van der Waals surface area contributed by atoms with Crippen molar-refractivity contribution in [2.75, 3.05) is 7.11 Å². The van der Waals surface area contributed by atoms with Crippen molar-refractivity contribution in [3.8, 4) is 0 Å². The number of carbonyl (C=O) groups is 2. The van der Waals surface area contributed by atoms with Gasteiger partial charge < -0.3 is 5.32 Å². The average molecular weight is 158 g/mol. The van der Waals surface area contributed by atoms with Crippen LogP contribution in [0.4, 0.5) is 0 Å². The van der Waals surface area contributed by atoms with Crippen LogP contribution in [0.2, 0.25) is 0 Å². The summed E-state index contributed by atoms with van der Waals surface area (Å²) in [6, 6.07) is -0.414. The summed E-state index contributed by atoms with van der Waals surface area (Å²) in [4.78, 5) is 26.0. The van der Waals surface area contributed by atoms with E-state index < -0.39 is 6.04 Å². The van der Waals surface area contributed by atoms with Gasteiger partial charge in [-0.1, -0.05) is 0 Å². The van der Waals surface area contributed by atoms with E-state index in [0.717, 1.165) is 0 Å². The molecule has 1 unspecified atom stereocenters. The Morgan fingerprint density at radius 1 is 1.82 bits per heavy atom. The lowest BCUT2D eigenvalue weighted by molar-refractivity contribution is -0.134. The summed E-state index contributed by atoms with van der Waals surface area (Å²) in [5, 5.41) is 2.51. The monoisotopic (exact) mass is 158 g/mol. The van der Waals surface area contributed by atoms with Crippen LogP contribution < -0.4 is 10.8 Å². The van der Waals surface area contributed by atoms with E-state index in [-0.39, 0.29) is 11.8 Å². The zero-order chi connectivity index (χ0) is 8.27. The van der Waals surface area contributed by atoms with Crippen LogP contribution in [0.5, 0.6) is 0 Å². The van der Waals surface area contributed by atoms with Crippen molar-refractivity contribution >= 4 is 11.8 Å². The summed E-state index contributed by atoms with van der Waals surface area (Å²) < 4.78 is 0. The van der Waals surface area contributed by atoms with Gasteiger partial charge in [-0.05, 0) is 6.42 Å². The maximum Gasteiger partial charge on any atom is 0.266 e. The molecule has 1 heterocycles. The highest BCUT2D eigenvalue weighted by molar-refractivity contribution is 5.90. The molecule has 0 aliphatic carbocycles. The molecule has 0 aromatic carbocycles. The van der Waals surface area contributed by atoms with Crippen molar-refractivity contribution < 1.29 is 14.4 Å². The fourth-order valence-electron chi connectivity index (χ4n) is 0.982. The SMILES string of the molecule is CONC(=O)C1CCC(=O)N1. The molecule has 1 fully saturated rings. The Labute approximate surface area is 64.0 Å². The number of amides is 2. The van der Waals surface area contributed by atoms with Crippen LogP contribution in [-0.4, -0.2) is 25.0 Å². The van der Waals surface area contributed by atoms with Gasteiger partial charge in [0.05, 0.1) is 7.11 Å². The predicted molar refractivity (Wildman–Crippen MR) is 36.3 cm³/mol. The van der Waals surface area contributed by atoms with E-state index in [1.807, 2.05) is 0 Å². The van der Waals surface area contributed by atoms with Crippen molar-refractivity contribution in [2.24, 2.45) is 0 Å². The molecule has 0 bridgehead atoms. The Balaban J connectivity index is 2.37. The minimum absolute atomic E-state index is 0.0822. The number of hydrogen-bond donors (Lipinski definition) is 2. The van der Waals surface area contributed by atoms with Gasteiger partial charge in [-0.25, -0.2) is 5.48 Å². The van der Waals surface area contributed by atoms with Crippen LogP contribution in [0.3, 0.4) is 0 Å². The third kappa shape index (κ3) is 1.91. The average Bonchev–Trinajstić information content (AvgIpc) is 2.36. The first-order valence-electron chi connectivity index (χ1n) is 3.36. The predicted octanol–water partition coefficient (Wildman–Crippen LogP) is -1.06. The second-order valence-electron chi connectivity index (χ2n) is 2.33. The highest BCUT2D eigenvalue weighted by Gasteiger charge is 2.26. The molecule has 5 nitrogen and oxygen atoms in total. The van der Waals surface area contributed by atoms with Crippen LogP contribution in [0.15, 0.2) is 0 Å². The standard InChI is InChI=1S/C6H10N2O3/c1-11-8-6(10)4-2-3-5(9)7-4/h4H,2-3H2,1H3,(H,7,9)(H,8,10). The van der Waals surface area contributed by atoms with Crippen molar-refractivity contribution in [1.29, 1.82) is 0 Å². The Hall–Kier alpha value is -1.10.